The number of nitrogens with zero attached hydrogens (tertiary/aromatic N) is 3. The summed E-state index contributed by atoms with van der Waals surface area (Å²) in [5.41, 5.74) is 1.37. The zero-order valence-electron chi connectivity index (χ0n) is 17.2. The van der Waals surface area contributed by atoms with E-state index in [0.717, 1.165) is 11.6 Å². The van der Waals surface area contributed by atoms with Crippen molar-refractivity contribution in [3.63, 3.8) is 0 Å². The highest BCUT2D eigenvalue weighted by atomic mass is 16.5. The second-order valence-corrected chi connectivity index (χ2v) is 7.56. The largest absolute Gasteiger partial charge is 0.497 e. The van der Waals surface area contributed by atoms with Gasteiger partial charge in [-0.15, -0.1) is 0 Å². The lowest BCUT2D eigenvalue weighted by Crippen LogP contribution is -2.49. The summed E-state index contributed by atoms with van der Waals surface area (Å²) in [5, 5.41) is 2.87. The minimum absolute atomic E-state index is 0.000193. The first-order valence-corrected chi connectivity index (χ1v) is 9.90. The molecule has 1 aromatic carbocycles. The van der Waals surface area contributed by atoms with E-state index < -0.39 is 0 Å². The highest BCUT2D eigenvalue weighted by Gasteiger charge is 2.23. The molecule has 29 heavy (non-hydrogen) atoms. The van der Waals surface area contributed by atoms with Gasteiger partial charge in [-0.25, -0.2) is 4.98 Å². The number of hydrogen-bond donors (Lipinski definition) is 1. The molecular formula is C22H28N4O3. The van der Waals surface area contributed by atoms with Crippen LogP contribution >= 0.6 is 0 Å². The average molecular weight is 396 g/mol. The summed E-state index contributed by atoms with van der Waals surface area (Å²) in [5.74, 6) is 1.94. The molecule has 1 aromatic heterocycles. The van der Waals surface area contributed by atoms with E-state index >= 15 is 0 Å². The normalized spacial score (nSPS) is 14.1. The molecule has 0 unspecified atom stereocenters. The number of carbonyl (C=O) groups is 2. The van der Waals surface area contributed by atoms with Crippen LogP contribution in [0.1, 0.15) is 30.6 Å². The van der Waals surface area contributed by atoms with Crippen molar-refractivity contribution in [2.45, 2.75) is 20.3 Å². The third-order valence-electron chi connectivity index (χ3n) is 4.85. The van der Waals surface area contributed by atoms with Gasteiger partial charge in [0.05, 0.1) is 19.0 Å². The lowest BCUT2D eigenvalue weighted by molar-refractivity contribution is -0.116. The van der Waals surface area contributed by atoms with Crippen molar-refractivity contribution in [3.05, 3.63) is 48.2 Å². The monoisotopic (exact) mass is 396 g/mol. The molecule has 0 spiro atoms. The molecule has 1 aliphatic heterocycles. The molecule has 1 fully saturated rings. The van der Waals surface area contributed by atoms with Crippen LogP contribution in [0.5, 0.6) is 5.75 Å². The van der Waals surface area contributed by atoms with Crippen LogP contribution in [0.3, 0.4) is 0 Å². The van der Waals surface area contributed by atoms with Gasteiger partial charge in [-0.1, -0.05) is 13.8 Å². The summed E-state index contributed by atoms with van der Waals surface area (Å²) >= 11 is 0. The van der Waals surface area contributed by atoms with Crippen molar-refractivity contribution in [1.29, 1.82) is 0 Å². The van der Waals surface area contributed by atoms with Crippen LogP contribution in [0, 0.1) is 5.92 Å². The third kappa shape index (κ3) is 5.47. The Labute approximate surface area is 171 Å². The zero-order valence-corrected chi connectivity index (χ0v) is 17.2. The van der Waals surface area contributed by atoms with E-state index in [-0.39, 0.29) is 11.8 Å². The Hall–Kier alpha value is -3.09. The van der Waals surface area contributed by atoms with Crippen molar-refractivity contribution in [1.82, 2.24) is 9.88 Å². The summed E-state index contributed by atoms with van der Waals surface area (Å²) in [6.45, 7) is 6.74. The number of hydrogen-bond acceptors (Lipinski definition) is 5. The van der Waals surface area contributed by atoms with Crippen LogP contribution < -0.4 is 15.0 Å². The second kappa shape index (κ2) is 9.41. The number of benzene rings is 1. The first-order chi connectivity index (χ1) is 14.0. The van der Waals surface area contributed by atoms with Gasteiger partial charge in [0.25, 0.3) is 5.91 Å². The molecule has 0 radical (unpaired) electrons. The van der Waals surface area contributed by atoms with Crippen molar-refractivity contribution in [2.75, 3.05) is 43.5 Å². The maximum absolute atomic E-state index is 12.7. The SMILES string of the molecule is COc1ccc(C(=O)N2CCN(c3ccc(NC(=O)CC(C)C)cn3)CC2)cc1. The molecular weight excluding hydrogens is 368 g/mol. The second-order valence-electron chi connectivity index (χ2n) is 7.56. The van der Waals surface area contributed by atoms with Crippen molar-refractivity contribution >= 4 is 23.3 Å². The molecule has 0 bridgehead atoms. The number of nitrogens with one attached hydrogen (secondary N) is 1. The summed E-state index contributed by atoms with van der Waals surface area (Å²) in [4.78, 5) is 33.0. The Morgan fingerprint density at radius 3 is 2.31 bits per heavy atom. The number of ether oxygens (including phenoxy) is 1. The minimum atomic E-state index is 0.000193. The Balaban J connectivity index is 1.53. The Morgan fingerprint density at radius 2 is 1.76 bits per heavy atom. The molecule has 2 aromatic rings. The Morgan fingerprint density at radius 1 is 1.07 bits per heavy atom. The number of amides is 2. The average Bonchev–Trinajstić information content (AvgIpc) is 2.73. The van der Waals surface area contributed by atoms with Crippen LogP contribution in [-0.4, -0.2) is 55.0 Å². The van der Waals surface area contributed by atoms with Gasteiger partial charge in [-0.05, 0) is 42.3 Å². The smallest absolute Gasteiger partial charge is 0.253 e. The number of pyridine rings is 1. The van der Waals surface area contributed by atoms with Crippen molar-refractivity contribution in [3.8, 4) is 5.75 Å². The number of methoxy groups -OCH3 is 1. The predicted molar refractivity (Wildman–Crippen MR) is 113 cm³/mol. The molecule has 3 rings (SSSR count). The Kier molecular flexibility index (Phi) is 6.69. The molecule has 1 aliphatic rings. The first kappa shape index (κ1) is 20.6. The summed E-state index contributed by atoms with van der Waals surface area (Å²) in [6.07, 6.45) is 2.17. The molecule has 1 N–H and O–H groups in total. The maximum atomic E-state index is 12.7. The van der Waals surface area contributed by atoms with Crippen LogP contribution in [0.2, 0.25) is 0 Å². The van der Waals surface area contributed by atoms with E-state index in [4.69, 9.17) is 4.74 Å². The molecule has 1 saturated heterocycles. The number of carbonyl (C=O) groups excluding carboxylic acids is 2. The molecule has 7 heteroatoms. The van der Waals surface area contributed by atoms with E-state index in [1.165, 1.54) is 0 Å². The molecule has 2 heterocycles. The fourth-order valence-corrected chi connectivity index (χ4v) is 3.28. The van der Waals surface area contributed by atoms with Crippen molar-refractivity contribution in [2.24, 2.45) is 5.92 Å². The molecule has 0 atom stereocenters. The summed E-state index contributed by atoms with van der Waals surface area (Å²) < 4.78 is 5.14. The van der Waals surface area contributed by atoms with Gasteiger partial charge in [-0.3, -0.25) is 9.59 Å². The highest BCUT2D eigenvalue weighted by molar-refractivity contribution is 5.94. The molecule has 2 amide bonds. The summed E-state index contributed by atoms with van der Waals surface area (Å²) in [7, 11) is 1.61. The van der Waals surface area contributed by atoms with Crippen LogP contribution in [0.4, 0.5) is 11.5 Å². The van der Waals surface area contributed by atoms with Gasteiger partial charge in [0.2, 0.25) is 5.91 Å². The fraction of sp³-hybridized carbons (Fsp3) is 0.409. The van der Waals surface area contributed by atoms with E-state index in [9.17, 15) is 9.59 Å². The van der Waals surface area contributed by atoms with Gasteiger partial charge in [0.15, 0.2) is 0 Å². The maximum Gasteiger partial charge on any atom is 0.253 e. The van der Waals surface area contributed by atoms with Crippen LogP contribution in [-0.2, 0) is 4.79 Å². The lowest BCUT2D eigenvalue weighted by Gasteiger charge is -2.35. The number of rotatable bonds is 6. The lowest BCUT2D eigenvalue weighted by atomic mass is 10.1. The van der Waals surface area contributed by atoms with E-state index in [0.29, 0.717) is 49.8 Å². The van der Waals surface area contributed by atoms with Gasteiger partial charge in [-0.2, -0.15) is 0 Å². The molecule has 7 nitrogen and oxygen atoms in total. The number of anilines is 2. The zero-order chi connectivity index (χ0) is 20.8. The van der Waals surface area contributed by atoms with Gasteiger partial charge < -0.3 is 19.9 Å². The van der Waals surface area contributed by atoms with E-state index in [2.05, 4.69) is 15.2 Å². The van der Waals surface area contributed by atoms with Crippen LogP contribution in [0.25, 0.3) is 0 Å². The van der Waals surface area contributed by atoms with Gasteiger partial charge in [0, 0.05) is 38.2 Å². The quantitative estimate of drug-likeness (QED) is 0.812. The van der Waals surface area contributed by atoms with Crippen LogP contribution in [0.15, 0.2) is 42.6 Å². The topological polar surface area (TPSA) is 74.8 Å². The highest BCUT2D eigenvalue weighted by Crippen LogP contribution is 2.18. The molecule has 0 aliphatic carbocycles. The van der Waals surface area contributed by atoms with Gasteiger partial charge in [0.1, 0.15) is 11.6 Å². The Bertz CT molecular complexity index is 826. The first-order valence-electron chi connectivity index (χ1n) is 9.90. The fourth-order valence-electron chi connectivity index (χ4n) is 3.28. The standard InChI is InChI=1S/C22H28N4O3/c1-16(2)14-21(27)24-18-6-9-20(23-15-18)25-10-12-26(13-11-25)22(28)17-4-7-19(29-3)8-5-17/h4-9,15-16H,10-14H2,1-3H3,(H,24,27). The molecule has 154 valence electrons. The predicted octanol–water partition coefficient (Wildman–Crippen LogP) is 3.04. The third-order valence-corrected chi connectivity index (χ3v) is 4.85. The number of piperazine rings is 1. The summed E-state index contributed by atoms with van der Waals surface area (Å²) in [6, 6.07) is 11.0. The molecule has 0 saturated carbocycles. The minimum Gasteiger partial charge on any atom is -0.497 e. The van der Waals surface area contributed by atoms with E-state index in [1.54, 1.807) is 37.6 Å². The van der Waals surface area contributed by atoms with Crippen molar-refractivity contribution < 1.29 is 14.3 Å². The van der Waals surface area contributed by atoms with E-state index in [1.807, 2.05) is 30.9 Å². The van der Waals surface area contributed by atoms with Gasteiger partial charge >= 0.3 is 0 Å². The number of aromatic nitrogens is 1.